The molecule has 0 aliphatic rings. The maximum Gasteiger partial charge on any atom is 0.203 e. The fourth-order valence-corrected chi connectivity index (χ4v) is 4.93. The van der Waals surface area contributed by atoms with Gasteiger partial charge in [0.25, 0.3) is 0 Å². The second kappa shape index (κ2) is 12.2. The van der Waals surface area contributed by atoms with E-state index < -0.39 is 0 Å². The van der Waals surface area contributed by atoms with Crippen LogP contribution >= 0.6 is 0 Å². The summed E-state index contributed by atoms with van der Waals surface area (Å²) in [5, 5.41) is 0. The van der Waals surface area contributed by atoms with Crippen LogP contribution in [0.15, 0.2) is 60.7 Å². The highest BCUT2D eigenvalue weighted by molar-refractivity contribution is 5.83. The van der Waals surface area contributed by atoms with Crippen LogP contribution in [0, 0.1) is 0 Å². The second-order valence-electron chi connectivity index (χ2n) is 9.85. The van der Waals surface area contributed by atoms with E-state index in [1.54, 1.807) is 21.3 Å². The van der Waals surface area contributed by atoms with Gasteiger partial charge in [-0.15, -0.1) is 0 Å². The molecule has 0 bridgehead atoms. The van der Waals surface area contributed by atoms with Gasteiger partial charge in [-0.25, -0.2) is 4.98 Å². The van der Waals surface area contributed by atoms with Crippen molar-refractivity contribution < 1.29 is 18.9 Å². The van der Waals surface area contributed by atoms with Crippen molar-refractivity contribution in [1.29, 1.82) is 0 Å². The molecule has 1 heterocycles. The Kier molecular flexibility index (Phi) is 8.79. The summed E-state index contributed by atoms with van der Waals surface area (Å²) in [5.74, 6) is 3.37. The number of aromatic nitrogens is 2. The maximum absolute atomic E-state index is 6.23. The molecule has 0 aliphatic carbocycles. The summed E-state index contributed by atoms with van der Waals surface area (Å²) in [6.45, 7) is 11.0. The molecule has 0 N–H and O–H groups in total. The van der Waals surface area contributed by atoms with Gasteiger partial charge in [-0.3, -0.25) is 4.90 Å². The first-order valence-electron chi connectivity index (χ1n) is 13.1. The van der Waals surface area contributed by atoms with Crippen LogP contribution in [0.2, 0.25) is 0 Å². The van der Waals surface area contributed by atoms with E-state index in [0.29, 0.717) is 42.5 Å². The van der Waals surface area contributed by atoms with Crippen LogP contribution in [-0.2, 0) is 6.54 Å². The smallest absolute Gasteiger partial charge is 0.203 e. The average molecular weight is 518 g/mol. The Balaban J connectivity index is 1.76. The monoisotopic (exact) mass is 517 g/mol. The van der Waals surface area contributed by atoms with Gasteiger partial charge in [-0.1, -0.05) is 30.3 Å². The van der Waals surface area contributed by atoms with Crippen molar-refractivity contribution in [1.82, 2.24) is 14.5 Å². The summed E-state index contributed by atoms with van der Waals surface area (Å²) in [6, 6.07) is 21.3. The van der Waals surface area contributed by atoms with E-state index >= 15 is 0 Å². The van der Waals surface area contributed by atoms with E-state index in [1.807, 2.05) is 30.3 Å². The quantitative estimate of drug-likeness (QED) is 0.221. The average Bonchev–Trinajstić information content (AvgIpc) is 3.27. The van der Waals surface area contributed by atoms with Gasteiger partial charge < -0.3 is 23.5 Å². The molecular formula is C31H39N3O4. The van der Waals surface area contributed by atoms with Gasteiger partial charge in [0.15, 0.2) is 11.5 Å². The summed E-state index contributed by atoms with van der Waals surface area (Å²) in [6.07, 6.45) is 0. The predicted octanol–water partition coefficient (Wildman–Crippen LogP) is 6.28. The van der Waals surface area contributed by atoms with Gasteiger partial charge in [-0.05, 0) is 57.5 Å². The summed E-state index contributed by atoms with van der Waals surface area (Å²) >= 11 is 0. The van der Waals surface area contributed by atoms with Crippen LogP contribution < -0.4 is 18.9 Å². The molecule has 0 aliphatic heterocycles. The Morgan fingerprint density at radius 3 is 2.05 bits per heavy atom. The summed E-state index contributed by atoms with van der Waals surface area (Å²) in [4.78, 5) is 7.46. The third-order valence-electron chi connectivity index (χ3n) is 6.77. The Morgan fingerprint density at radius 2 is 1.47 bits per heavy atom. The number of fused-ring (bicyclic) bond motifs is 1. The number of nitrogens with zero attached hydrogens (tertiary/aromatic N) is 3. The van der Waals surface area contributed by atoms with E-state index in [4.69, 9.17) is 23.9 Å². The first-order chi connectivity index (χ1) is 18.4. The highest BCUT2D eigenvalue weighted by atomic mass is 16.5. The van der Waals surface area contributed by atoms with Crippen LogP contribution in [0.4, 0.5) is 0 Å². The van der Waals surface area contributed by atoms with E-state index in [0.717, 1.165) is 34.7 Å². The van der Waals surface area contributed by atoms with Crippen LogP contribution in [0.3, 0.4) is 0 Å². The number of imidazole rings is 1. The van der Waals surface area contributed by atoms with E-state index in [2.05, 4.69) is 67.5 Å². The zero-order valence-electron chi connectivity index (χ0n) is 23.5. The van der Waals surface area contributed by atoms with Gasteiger partial charge in [0, 0.05) is 36.8 Å². The number of hydrogen-bond donors (Lipinski definition) is 0. The Bertz CT molecular complexity index is 1320. The van der Waals surface area contributed by atoms with Gasteiger partial charge in [-0.2, -0.15) is 0 Å². The number of hydrogen-bond acceptors (Lipinski definition) is 6. The number of rotatable bonds is 12. The minimum absolute atomic E-state index is 0.467. The van der Waals surface area contributed by atoms with E-state index in [9.17, 15) is 0 Å². The lowest BCUT2D eigenvalue weighted by molar-refractivity contribution is 0.142. The molecule has 0 fully saturated rings. The first kappa shape index (κ1) is 27.3. The fraction of sp³-hybridized carbons (Fsp3) is 0.387. The molecule has 0 radical (unpaired) electrons. The normalized spacial score (nSPS) is 11.5. The van der Waals surface area contributed by atoms with Gasteiger partial charge in [0.1, 0.15) is 18.2 Å². The third-order valence-corrected chi connectivity index (χ3v) is 6.77. The molecule has 0 saturated heterocycles. The molecule has 38 heavy (non-hydrogen) atoms. The zero-order chi connectivity index (χ0) is 27.2. The highest BCUT2D eigenvalue weighted by Gasteiger charge is 2.20. The molecule has 0 unspecified atom stereocenters. The molecule has 0 spiro atoms. The molecule has 0 amide bonds. The third kappa shape index (κ3) is 5.89. The summed E-state index contributed by atoms with van der Waals surface area (Å²) in [7, 11) is 4.85. The number of benzene rings is 3. The van der Waals surface area contributed by atoms with Crippen molar-refractivity contribution in [2.75, 3.05) is 34.5 Å². The molecule has 7 nitrogen and oxygen atoms in total. The van der Waals surface area contributed by atoms with Gasteiger partial charge in [0.2, 0.25) is 5.75 Å². The molecule has 7 heteroatoms. The van der Waals surface area contributed by atoms with E-state index in [1.165, 1.54) is 5.56 Å². The van der Waals surface area contributed by atoms with Crippen LogP contribution in [0.1, 0.15) is 33.3 Å². The van der Waals surface area contributed by atoms with Crippen LogP contribution in [0.5, 0.6) is 23.0 Å². The SMILES string of the molecule is COc1cc(-c2nc3ccc(OCCN(C(C)C)C(C)C)cc3n2Cc2ccccc2)cc(OC)c1OC. The molecular weight excluding hydrogens is 478 g/mol. The largest absolute Gasteiger partial charge is 0.493 e. The van der Waals surface area contributed by atoms with Crippen molar-refractivity contribution >= 4 is 11.0 Å². The van der Waals surface area contributed by atoms with Crippen molar-refractivity contribution in [3.8, 4) is 34.4 Å². The molecule has 0 atom stereocenters. The van der Waals surface area contributed by atoms with Crippen molar-refractivity contribution in [2.24, 2.45) is 0 Å². The lowest BCUT2D eigenvalue weighted by atomic mass is 10.1. The van der Waals surface area contributed by atoms with Crippen molar-refractivity contribution in [3.05, 3.63) is 66.2 Å². The molecule has 0 saturated carbocycles. The van der Waals surface area contributed by atoms with E-state index in [-0.39, 0.29) is 0 Å². The molecule has 202 valence electrons. The van der Waals surface area contributed by atoms with Crippen molar-refractivity contribution in [2.45, 2.75) is 46.3 Å². The summed E-state index contributed by atoms with van der Waals surface area (Å²) in [5.41, 5.74) is 3.94. The topological polar surface area (TPSA) is 58.0 Å². The van der Waals surface area contributed by atoms with Crippen molar-refractivity contribution in [3.63, 3.8) is 0 Å². The maximum atomic E-state index is 6.23. The Labute approximate surface area is 225 Å². The minimum atomic E-state index is 0.467. The van der Waals surface area contributed by atoms with Gasteiger partial charge in [0.05, 0.1) is 32.4 Å². The Morgan fingerprint density at radius 1 is 0.816 bits per heavy atom. The molecule has 4 rings (SSSR count). The van der Waals surface area contributed by atoms with Gasteiger partial charge >= 0.3 is 0 Å². The predicted molar refractivity (Wildman–Crippen MR) is 153 cm³/mol. The number of methoxy groups -OCH3 is 3. The second-order valence-corrected chi connectivity index (χ2v) is 9.85. The molecule has 1 aromatic heterocycles. The fourth-order valence-electron chi connectivity index (χ4n) is 4.93. The number of ether oxygens (including phenoxy) is 4. The first-order valence-corrected chi connectivity index (χ1v) is 13.1. The lowest BCUT2D eigenvalue weighted by Crippen LogP contribution is -2.39. The highest BCUT2D eigenvalue weighted by Crippen LogP contribution is 2.41. The molecule has 3 aromatic carbocycles. The van der Waals surface area contributed by atoms with Crippen LogP contribution in [0.25, 0.3) is 22.4 Å². The standard InChI is InChI=1S/C31H39N3O4/c1-21(2)33(22(3)4)15-16-38-25-13-14-26-27(19-25)34(20-23-11-9-8-10-12-23)31(32-26)24-17-28(35-5)30(37-7)29(18-24)36-6/h8-14,17-19,21-22H,15-16,20H2,1-7H3. The lowest BCUT2D eigenvalue weighted by Gasteiger charge is -2.30. The van der Waals surface area contributed by atoms with Crippen LogP contribution in [-0.4, -0.2) is 61.0 Å². The zero-order valence-corrected chi connectivity index (χ0v) is 23.5. The minimum Gasteiger partial charge on any atom is -0.493 e. The summed E-state index contributed by atoms with van der Waals surface area (Å²) < 4.78 is 25.2. The Hall–Kier alpha value is -3.71. The molecule has 4 aromatic rings.